The molecule has 2 aromatic rings. The van der Waals surface area contributed by atoms with Crippen molar-refractivity contribution in [1.29, 1.82) is 0 Å². The van der Waals surface area contributed by atoms with Crippen LogP contribution in [0.4, 0.5) is 0 Å². The first kappa shape index (κ1) is 14.3. The Morgan fingerprint density at radius 3 is 2.50 bits per heavy atom. The fourth-order valence-corrected chi connectivity index (χ4v) is 2.21. The monoisotopic (exact) mass is 290 g/mol. The second-order valence-electron chi connectivity index (χ2n) is 4.13. The van der Waals surface area contributed by atoms with Crippen LogP contribution in [0.5, 0.6) is 0 Å². The van der Waals surface area contributed by atoms with Gasteiger partial charge >= 0.3 is 5.97 Å². The van der Waals surface area contributed by atoms with Crippen LogP contribution >= 0.6 is 11.8 Å². The van der Waals surface area contributed by atoms with E-state index in [-0.39, 0.29) is 0 Å². The Morgan fingerprint density at radius 2 is 2.00 bits per heavy atom. The number of hydrogen-bond acceptors (Lipinski definition) is 4. The van der Waals surface area contributed by atoms with Crippen LogP contribution in [0.25, 0.3) is 5.69 Å². The van der Waals surface area contributed by atoms with Crippen LogP contribution in [0.1, 0.15) is 23.0 Å². The minimum absolute atomic E-state index is 0.436. The van der Waals surface area contributed by atoms with Gasteiger partial charge in [0.15, 0.2) is 0 Å². The number of aryl methyl sites for hydroxylation is 1. The van der Waals surface area contributed by atoms with Gasteiger partial charge in [-0.3, -0.25) is 4.79 Å². The second kappa shape index (κ2) is 5.92. The molecule has 0 amide bonds. The Hall–Kier alpha value is -2.08. The summed E-state index contributed by atoms with van der Waals surface area (Å²) in [5.74, 6) is -1.31. The standard InChI is InChI=1S/C14H14N2O3S/c1-3-9-8-16(15-12(13(9)17)14(18)19)10-4-6-11(20-2)7-5-10/h4-8H,3H2,1-2H3,(H,18,19). The number of benzene rings is 1. The maximum atomic E-state index is 11.9. The molecule has 2 rings (SSSR count). The third-order valence-corrected chi connectivity index (χ3v) is 3.66. The number of hydrogen-bond donors (Lipinski definition) is 1. The fourth-order valence-electron chi connectivity index (χ4n) is 1.80. The van der Waals surface area contributed by atoms with Gasteiger partial charge in [0.1, 0.15) is 0 Å². The van der Waals surface area contributed by atoms with Crippen LogP contribution in [0.15, 0.2) is 40.2 Å². The minimum Gasteiger partial charge on any atom is -0.476 e. The molecular formula is C14H14N2O3S. The van der Waals surface area contributed by atoms with Gasteiger partial charge in [-0.1, -0.05) is 6.92 Å². The van der Waals surface area contributed by atoms with Crippen molar-refractivity contribution in [2.75, 3.05) is 6.26 Å². The molecule has 104 valence electrons. The van der Waals surface area contributed by atoms with Crippen molar-refractivity contribution in [3.05, 3.63) is 51.9 Å². The zero-order valence-corrected chi connectivity index (χ0v) is 12.0. The Kier molecular flexibility index (Phi) is 4.24. The Morgan fingerprint density at radius 1 is 1.35 bits per heavy atom. The highest BCUT2D eigenvalue weighted by Crippen LogP contribution is 2.16. The van der Waals surface area contributed by atoms with Crippen LogP contribution in [-0.2, 0) is 6.42 Å². The highest BCUT2D eigenvalue weighted by Gasteiger charge is 2.15. The lowest BCUT2D eigenvalue weighted by atomic mass is 10.2. The molecule has 20 heavy (non-hydrogen) atoms. The SMILES string of the molecule is CCc1cn(-c2ccc(SC)cc2)nc(C(=O)O)c1=O. The maximum Gasteiger partial charge on any atom is 0.360 e. The highest BCUT2D eigenvalue weighted by molar-refractivity contribution is 7.98. The summed E-state index contributed by atoms with van der Waals surface area (Å²) < 4.78 is 1.44. The lowest BCUT2D eigenvalue weighted by molar-refractivity contribution is 0.0686. The van der Waals surface area contributed by atoms with E-state index in [1.165, 1.54) is 4.68 Å². The molecule has 1 aromatic heterocycles. The number of thioether (sulfide) groups is 1. The smallest absolute Gasteiger partial charge is 0.360 e. The summed E-state index contributed by atoms with van der Waals surface area (Å²) in [5.41, 5.74) is 0.196. The summed E-state index contributed by atoms with van der Waals surface area (Å²) >= 11 is 1.62. The molecular weight excluding hydrogens is 276 g/mol. The zero-order valence-electron chi connectivity index (χ0n) is 11.2. The van der Waals surface area contributed by atoms with Crippen molar-refractivity contribution in [1.82, 2.24) is 9.78 Å². The molecule has 6 heteroatoms. The van der Waals surface area contributed by atoms with Gasteiger partial charge in [-0.2, -0.15) is 5.10 Å². The molecule has 0 saturated heterocycles. The van der Waals surface area contributed by atoms with E-state index in [0.717, 1.165) is 10.6 Å². The molecule has 0 aliphatic carbocycles. The third kappa shape index (κ3) is 2.75. The zero-order chi connectivity index (χ0) is 14.7. The van der Waals surface area contributed by atoms with Crippen LogP contribution in [0.3, 0.4) is 0 Å². The van der Waals surface area contributed by atoms with E-state index in [4.69, 9.17) is 5.11 Å². The first-order valence-electron chi connectivity index (χ1n) is 6.07. The average Bonchev–Trinajstić information content (AvgIpc) is 2.47. The topological polar surface area (TPSA) is 72.2 Å². The van der Waals surface area contributed by atoms with Crippen LogP contribution in [0.2, 0.25) is 0 Å². The van der Waals surface area contributed by atoms with Crippen molar-refractivity contribution < 1.29 is 9.90 Å². The minimum atomic E-state index is -1.31. The number of nitrogens with zero attached hydrogens (tertiary/aromatic N) is 2. The summed E-state index contributed by atoms with van der Waals surface area (Å²) in [5, 5.41) is 13.0. The molecule has 0 fully saturated rings. The summed E-state index contributed by atoms with van der Waals surface area (Å²) in [6.45, 7) is 1.81. The van der Waals surface area contributed by atoms with Crippen molar-refractivity contribution in [3.8, 4) is 5.69 Å². The number of carbonyl (C=O) groups is 1. The molecule has 0 bridgehead atoms. The van der Waals surface area contributed by atoms with Gasteiger partial charge in [-0.15, -0.1) is 11.8 Å². The molecule has 0 spiro atoms. The Labute approximate surface area is 120 Å². The highest BCUT2D eigenvalue weighted by atomic mass is 32.2. The van der Waals surface area contributed by atoms with E-state index in [2.05, 4.69) is 5.10 Å². The molecule has 1 heterocycles. The summed E-state index contributed by atoms with van der Waals surface area (Å²) in [4.78, 5) is 24.1. The van der Waals surface area contributed by atoms with Gasteiger partial charge in [-0.05, 0) is 36.9 Å². The van der Waals surface area contributed by atoms with E-state index in [9.17, 15) is 9.59 Å². The van der Waals surface area contributed by atoms with Crippen molar-refractivity contribution in [3.63, 3.8) is 0 Å². The normalized spacial score (nSPS) is 10.5. The van der Waals surface area contributed by atoms with Crippen LogP contribution in [-0.4, -0.2) is 27.1 Å². The number of aromatic carboxylic acids is 1. The molecule has 1 aromatic carbocycles. The fraction of sp³-hybridized carbons (Fsp3) is 0.214. The largest absolute Gasteiger partial charge is 0.476 e. The molecule has 0 unspecified atom stereocenters. The van der Waals surface area contributed by atoms with Gasteiger partial charge < -0.3 is 5.11 Å². The van der Waals surface area contributed by atoms with Crippen molar-refractivity contribution >= 4 is 17.7 Å². The molecule has 5 nitrogen and oxygen atoms in total. The maximum absolute atomic E-state index is 11.9. The first-order valence-corrected chi connectivity index (χ1v) is 7.30. The summed E-state index contributed by atoms with van der Waals surface area (Å²) in [6.07, 6.45) is 4.03. The summed E-state index contributed by atoms with van der Waals surface area (Å²) in [7, 11) is 0. The number of carboxylic acids is 1. The third-order valence-electron chi connectivity index (χ3n) is 2.91. The number of carboxylic acid groups (broad SMARTS) is 1. The molecule has 0 atom stereocenters. The van der Waals surface area contributed by atoms with Gasteiger partial charge in [-0.25, -0.2) is 9.48 Å². The number of rotatable bonds is 4. The van der Waals surface area contributed by atoms with E-state index in [1.807, 2.05) is 37.4 Å². The van der Waals surface area contributed by atoms with E-state index in [1.54, 1.807) is 18.0 Å². The van der Waals surface area contributed by atoms with Gasteiger partial charge in [0.2, 0.25) is 11.1 Å². The molecule has 0 aliphatic heterocycles. The van der Waals surface area contributed by atoms with E-state index < -0.39 is 17.1 Å². The molecule has 0 saturated carbocycles. The Balaban J connectivity index is 2.58. The van der Waals surface area contributed by atoms with E-state index >= 15 is 0 Å². The van der Waals surface area contributed by atoms with Gasteiger partial charge in [0.05, 0.1) is 5.69 Å². The van der Waals surface area contributed by atoms with Crippen molar-refractivity contribution in [2.45, 2.75) is 18.2 Å². The first-order chi connectivity index (χ1) is 9.56. The molecule has 1 N–H and O–H groups in total. The van der Waals surface area contributed by atoms with Crippen LogP contribution < -0.4 is 5.43 Å². The molecule has 0 aliphatic rings. The number of aromatic nitrogens is 2. The average molecular weight is 290 g/mol. The quantitative estimate of drug-likeness (QED) is 0.874. The lowest BCUT2D eigenvalue weighted by Gasteiger charge is -2.09. The summed E-state index contributed by atoms with van der Waals surface area (Å²) in [6, 6.07) is 7.53. The second-order valence-corrected chi connectivity index (χ2v) is 5.01. The van der Waals surface area contributed by atoms with Crippen LogP contribution in [0, 0.1) is 0 Å². The predicted molar refractivity (Wildman–Crippen MR) is 78.0 cm³/mol. The Bertz CT molecular complexity index is 693. The predicted octanol–water partition coefficient (Wildman–Crippen LogP) is 2.21. The van der Waals surface area contributed by atoms with Gasteiger partial charge in [0, 0.05) is 16.7 Å². The molecule has 0 radical (unpaired) electrons. The van der Waals surface area contributed by atoms with Crippen molar-refractivity contribution in [2.24, 2.45) is 0 Å². The van der Waals surface area contributed by atoms with E-state index in [0.29, 0.717) is 12.0 Å². The van der Waals surface area contributed by atoms with Gasteiger partial charge in [0.25, 0.3) is 0 Å². The lowest BCUT2D eigenvalue weighted by Crippen LogP contribution is -2.24.